The van der Waals surface area contributed by atoms with E-state index in [9.17, 15) is 9.18 Å². The van der Waals surface area contributed by atoms with Crippen molar-refractivity contribution >= 4 is 32.7 Å². The topological polar surface area (TPSA) is 83.8 Å². The number of carbonyl (C=O) groups is 1. The van der Waals surface area contributed by atoms with Crippen LogP contribution in [0.25, 0.3) is 10.9 Å². The zero-order valence-electron chi connectivity index (χ0n) is 14.0. The van der Waals surface area contributed by atoms with Gasteiger partial charge in [0.05, 0.1) is 6.54 Å². The molecule has 0 unspecified atom stereocenters. The van der Waals surface area contributed by atoms with E-state index in [0.29, 0.717) is 17.1 Å². The SMILES string of the molecule is O=C(NCc1nc(Cc2ccccc2F)no1)c1cc2cc(Br)ccc2[nH]1. The van der Waals surface area contributed by atoms with Gasteiger partial charge in [-0.25, -0.2) is 4.39 Å². The van der Waals surface area contributed by atoms with Crippen molar-refractivity contribution in [3.8, 4) is 0 Å². The molecular weight excluding hydrogens is 415 g/mol. The molecule has 0 atom stereocenters. The maximum absolute atomic E-state index is 13.7. The molecule has 2 N–H and O–H groups in total. The second-order valence-electron chi connectivity index (χ2n) is 5.97. The molecule has 0 aliphatic rings. The molecule has 136 valence electrons. The van der Waals surface area contributed by atoms with Gasteiger partial charge in [-0.05, 0) is 35.9 Å². The number of hydrogen-bond acceptors (Lipinski definition) is 4. The van der Waals surface area contributed by atoms with Crippen LogP contribution >= 0.6 is 15.9 Å². The highest BCUT2D eigenvalue weighted by Crippen LogP contribution is 2.20. The number of nitrogens with one attached hydrogen (secondary N) is 2. The third-order valence-corrected chi connectivity index (χ3v) is 4.54. The summed E-state index contributed by atoms with van der Waals surface area (Å²) in [5.41, 5.74) is 1.79. The molecule has 0 fully saturated rings. The monoisotopic (exact) mass is 428 g/mol. The summed E-state index contributed by atoms with van der Waals surface area (Å²) in [6.45, 7) is 0.0855. The third kappa shape index (κ3) is 3.90. The largest absolute Gasteiger partial charge is 0.351 e. The van der Waals surface area contributed by atoms with Crippen molar-refractivity contribution in [3.63, 3.8) is 0 Å². The van der Waals surface area contributed by atoms with Crippen LogP contribution < -0.4 is 5.32 Å². The van der Waals surface area contributed by atoms with Crippen molar-refractivity contribution in [2.24, 2.45) is 0 Å². The Morgan fingerprint density at radius 2 is 2.07 bits per heavy atom. The van der Waals surface area contributed by atoms with Gasteiger partial charge in [0.2, 0.25) is 5.89 Å². The number of H-pyrrole nitrogens is 1. The lowest BCUT2D eigenvalue weighted by atomic mass is 10.1. The second-order valence-corrected chi connectivity index (χ2v) is 6.89. The van der Waals surface area contributed by atoms with Gasteiger partial charge in [0.25, 0.3) is 5.91 Å². The van der Waals surface area contributed by atoms with Gasteiger partial charge < -0.3 is 14.8 Å². The van der Waals surface area contributed by atoms with E-state index >= 15 is 0 Å². The van der Waals surface area contributed by atoms with E-state index in [2.05, 4.69) is 36.4 Å². The molecule has 0 aliphatic heterocycles. The lowest BCUT2D eigenvalue weighted by molar-refractivity contribution is 0.0942. The third-order valence-electron chi connectivity index (χ3n) is 4.04. The van der Waals surface area contributed by atoms with Gasteiger partial charge in [-0.15, -0.1) is 0 Å². The maximum Gasteiger partial charge on any atom is 0.268 e. The van der Waals surface area contributed by atoms with Crippen molar-refractivity contribution in [2.75, 3.05) is 0 Å². The van der Waals surface area contributed by atoms with Gasteiger partial charge in [-0.3, -0.25) is 4.79 Å². The van der Waals surface area contributed by atoms with Crippen LogP contribution in [0.15, 0.2) is 57.5 Å². The Labute approximate surface area is 161 Å². The minimum Gasteiger partial charge on any atom is -0.351 e. The smallest absolute Gasteiger partial charge is 0.268 e. The summed E-state index contributed by atoms with van der Waals surface area (Å²) >= 11 is 3.40. The van der Waals surface area contributed by atoms with Gasteiger partial charge >= 0.3 is 0 Å². The van der Waals surface area contributed by atoms with Crippen LogP contribution in [0, 0.1) is 5.82 Å². The van der Waals surface area contributed by atoms with Crippen molar-refractivity contribution < 1.29 is 13.7 Å². The molecule has 0 aliphatic carbocycles. The van der Waals surface area contributed by atoms with Crippen molar-refractivity contribution in [1.82, 2.24) is 20.4 Å². The molecule has 2 aromatic heterocycles. The Balaban J connectivity index is 1.40. The lowest BCUT2D eigenvalue weighted by Crippen LogP contribution is -2.23. The van der Waals surface area contributed by atoms with E-state index < -0.39 is 0 Å². The summed E-state index contributed by atoms with van der Waals surface area (Å²) in [6, 6.07) is 13.9. The number of carbonyl (C=O) groups excluding carboxylic acids is 1. The molecule has 4 rings (SSSR count). The molecule has 1 amide bonds. The Kier molecular flexibility index (Phi) is 4.72. The number of rotatable bonds is 5. The number of nitrogens with zero attached hydrogens (tertiary/aromatic N) is 2. The van der Waals surface area contributed by atoms with E-state index in [-0.39, 0.29) is 30.6 Å². The van der Waals surface area contributed by atoms with Crippen LogP contribution in [0.5, 0.6) is 0 Å². The summed E-state index contributed by atoms with van der Waals surface area (Å²) in [7, 11) is 0. The predicted molar refractivity (Wildman–Crippen MR) is 101 cm³/mol. The average molecular weight is 429 g/mol. The number of aromatic amines is 1. The molecular formula is C19H14BrFN4O2. The predicted octanol–water partition coefficient (Wildman–Crippen LogP) is 3.97. The zero-order chi connectivity index (χ0) is 18.8. The minimum atomic E-state index is -0.317. The van der Waals surface area contributed by atoms with Gasteiger partial charge in [0, 0.05) is 21.8 Å². The summed E-state index contributed by atoms with van der Waals surface area (Å²) in [4.78, 5) is 19.6. The van der Waals surface area contributed by atoms with Gasteiger partial charge in [-0.1, -0.05) is 39.3 Å². The standard InChI is InChI=1S/C19H14BrFN4O2/c20-13-5-6-15-12(7-13)8-16(23-15)19(26)22-10-18-24-17(25-27-18)9-11-3-1-2-4-14(11)21/h1-8,23H,9-10H2,(H,22,26). The molecule has 0 radical (unpaired) electrons. The highest BCUT2D eigenvalue weighted by molar-refractivity contribution is 9.10. The fourth-order valence-corrected chi connectivity index (χ4v) is 3.10. The normalized spacial score (nSPS) is 11.0. The van der Waals surface area contributed by atoms with Crippen LogP contribution in [-0.2, 0) is 13.0 Å². The molecule has 2 aromatic carbocycles. The zero-order valence-corrected chi connectivity index (χ0v) is 15.6. The van der Waals surface area contributed by atoms with Crippen LogP contribution in [0.4, 0.5) is 4.39 Å². The molecule has 0 bridgehead atoms. The van der Waals surface area contributed by atoms with E-state index in [4.69, 9.17) is 4.52 Å². The average Bonchev–Trinajstić information content (AvgIpc) is 3.28. The first-order chi connectivity index (χ1) is 13.1. The first kappa shape index (κ1) is 17.4. The van der Waals surface area contributed by atoms with E-state index in [1.165, 1.54) is 6.07 Å². The molecule has 0 saturated carbocycles. The van der Waals surface area contributed by atoms with E-state index in [1.807, 2.05) is 18.2 Å². The van der Waals surface area contributed by atoms with Crippen LogP contribution in [0.1, 0.15) is 27.8 Å². The quantitative estimate of drug-likeness (QED) is 0.503. The number of halogens is 2. The fraction of sp³-hybridized carbons (Fsp3) is 0.105. The minimum absolute atomic E-state index is 0.0855. The van der Waals surface area contributed by atoms with Crippen LogP contribution in [0.3, 0.4) is 0 Å². The fourth-order valence-electron chi connectivity index (χ4n) is 2.72. The van der Waals surface area contributed by atoms with Gasteiger partial charge in [-0.2, -0.15) is 4.98 Å². The second kappa shape index (κ2) is 7.32. The summed E-state index contributed by atoms with van der Waals surface area (Å²) in [5.74, 6) is 0.0205. The molecule has 27 heavy (non-hydrogen) atoms. The highest BCUT2D eigenvalue weighted by atomic mass is 79.9. The maximum atomic E-state index is 13.7. The Morgan fingerprint density at radius 1 is 1.22 bits per heavy atom. The summed E-state index contributed by atoms with van der Waals surface area (Å²) in [5, 5.41) is 7.49. The molecule has 8 heteroatoms. The summed E-state index contributed by atoms with van der Waals surface area (Å²) in [6.07, 6.45) is 0.223. The first-order valence-corrected chi connectivity index (χ1v) is 8.99. The number of benzene rings is 2. The van der Waals surface area contributed by atoms with Gasteiger partial charge in [0.1, 0.15) is 11.5 Å². The summed E-state index contributed by atoms with van der Waals surface area (Å²) < 4.78 is 19.7. The molecule has 0 saturated heterocycles. The van der Waals surface area contributed by atoms with Crippen LogP contribution in [-0.4, -0.2) is 21.0 Å². The molecule has 4 aromatic rings. The van der Waals surface area contributed by atoms with Crippen LogP contribution in [0.2, 0.25) is 0 Å². The molecule has 2 heterocycles. The van der Waals surface area contributed by atoms with Crippen molar-refractivity contribution in [3.05, 3.63) is 81.8 Å². The van der Waals surface area contributed by atoms with E-state index in [0.717, 1.165) is 15.4 Å². The first-order valence-electron chi connectivity index (χ1n) is 8.20. The Bertz CT molecular complexity index is 1120. The number of fused-ring (bicyclic) bond motifs is 1. The molecule has 0 spiro atoms. The van der Waals surface area contributed by atoms with Gasteiger partial charge in [0.15, 0.2) is 5.82 Å². The van der Waals surface area contributed by atoms with E-state index in [1.54, 1.807) is 24.3 Å². The van der Waals surface area contributed by atoms with Crippen molar-refractivity contribution in [2.45, 2.75) is 13.0 Å². The lowest BCUT2D eigenvalue weighted by Gasteiger charge is -1.99. The van der Waals surface area contributed by atoms with Crippen molar-refractivity contribution in [1.29, 1.82) is 0 Å². The Hall–Kier alpha value is -3.00. The number of amides is 1. The number of hydrogen-bond donors (Lipinski definition) is 2. The number of aromatic nitrogens is 3. The highest BCUT2D eigenvalue weighted by Gasteiger charge is 2.13. The Morgan fingerprint density at radius 3 is 2.93 bits per heavy atom. The molecule has 6 nitrogen and oxygen atoms in total.